The van der Waals surface area contributed by atoms with Crippen LogP contribution in [0.5, 0.6) is 0 Å². The van der Waals surface area contributed by atoms with E-state index in [0.717, 1.165) is 66.1 Å². The van der Waals surface area contributed by atoms with Crippen LogP contribution >= 0.6 is 0 Å². The molecule has 1 heteroatoms. The van der Waals surface area contributed by atoms with Gasteiger partial charge < -0.3 is 5.11 Å². The summed E-state index contributed by atoms with van der Waals surface area (Å²) in [6.45, 7) is 17.7. The molecular weight excluding hydrogens is 376 g/mol. The molecule has 0 aliphatic heterocycles. The van der Waals surface area contributed by atoms with E-state index < -0.39 is 0 Å². The summed E-state index contributed by atoms with van der Waals surface area (Å²) in [7, 11) is 0. The van der Waals surface area contributed by atoms with Crippen LogP contribution in [0.3, 0.4) is 0 Å². The smallest absolute Gasteiger partial charge is 0.0543 e. The molecule has 0 aromatic rings. The molecule has 4 aliphatic rings. The standard InChI is InChI=1S/C30H54O/c1-8-22-17-23-18-24(31)13-15-29(23,6)27-14-16-30(7)25(11-12-26(30)28(22)27)21(5)10-9-20(4)19(2)3/h19-28,31H,8-18H2,1-7H3/t20?,21-,22?,23?,24?,25?,26?,27?,28?,29?,30?/m0/s1. The molecule has 180 valence electrons. The molecule has 11 atom stereocenters. The summed E-state index contributed by atoms with van der Waals surface area (Å²) in [6.07, 6.45) is 15.0. The number of hydrogen-bond acceptors (Lipinski definition) is 1. The molecule has 0 aromatic carbocycles. The highest BCUT2D eigenvalue weighted by Crippen LogP contribution is 2.69. The van der Waals surface area contributed by atoms with Crippen LogP contribution in [0, 0.1) is 64.1 Å². The van der Waals surface area contributed by atoms with Crippen LogP contribution in [0.1, 0.15) is 119 Å². The normalized spacial score (nSPS) is 49.3. The fourth-order valence-electron chi connectivity index (χ4n) is 9.87. The van der Waals surface area contributed by atoms with Crippen LogP contribution in [0.4, 0.5) is 0 Å². The maximum absolute atomic E-state index is 10.4. The Balaban J connectivity index is 1.53. The van der Waals surface area contributed by atoms with Crippen LogP contribution in [0.2, 0.25) is 0 Å². The zero-order valence-corrected chi connectivity index (χ0v) is 22.0. The Morgan fingerprint density at radius 3 is 2.19 bits per heavy atom. The van der Waals surface area contributed by atoms with Crippen molar-refractivity contribution < 1.29 is 5.11 Å². The van der Waals surface area contributed by atoms with Crippen LogP contribution in [-0.2, 0) is 0 Å². The monoisotopic (exact) mass is 430 g/mol. The lowest BCUT2D eigenvalue weighted by molar-refractivity contribution is -0.154. The van der Waals surface area contributed by atoms with E-state index in [2.05, 4.69) is 48.5 Å². The summed E-state index contributed by atoms with van der Waals surface area (Å²) in [5.41, 5.74) is 1.10. The average Bonchev–Trinajstić information content (AvgIpc) is 3.09. The summed E-state index contributed by atoms with van der Waals surface area (Å²) in [6, 6.07) is 0. The van der Waals surface area contributed by atoms with E-state index >= 15 is 0 Å². The summed E-state index contributed by atoms with van der Waals surface area (Å²) in [4.78, 5) is 0. The van der Waals surface area contributed by atoms with Crippen LogP contribution in [0.15, 0.2) is 0 Å². The quantitative estimate of drug-likeness (QED) is 0.449. The van der Waals surface area contributed by atoms with Gasteiger partial charge >= 0.3 is 0 Å². The van der Waals surface area contributed by atoms with Crippen molar-refractivity contribution in [2.75, 3.05) is 0 Å². The van der Waals surface area contributed by atoms with Gasteiger partial charge in [0.2, 0.25) is 0 Å². The predicted octanol–water partition coefficient (Wildman–Crippen LogP) is 8.35. The minimum absolute atomic E-state index is 0.0223. The Morgan fingerprint density at radius 2 is 1.52 bits per heavy atom. The largest absolute Gasteiger partial charge is 0.393 e. The van der Waals surface area contributed by atoms with Crippen molar-refractivity contribution in [3.05, 3.63) is 0 Å². The fourth-order valence-corrected chi connectivity index (χ4v) is 9.87. The molecule has 1 N–H and O–H groups in total. The van der Waals surface area contributed by atoms with Crippen molar-refractivity contribution in [2.45, 2.75) is 125 Å². The van der Waals surface area contributed by atoms with E-state index in [9.17, 15) is 5.11 Å². The zero-order valence-electron chi connectivity index (χ0n) is 22.0. The summed E-state index contributed by atoms with van der Waals surface area (Å²) in [5, 5.41) is 10.4. The SMILES string of the molecule is CCC1CC2CC(O)CCC2(C)C2CCC3(C)C(CCC3[C@@H](C)CCC(C)C(C)C)C12. The van der Waals surface area contributed by atoms with E-state index in [1.807, 2.05) is 0 Å². The maximum Gasteiger partial charge on any atom is 0.0543 e. The predicted molar refractivity (Wildman–Crippen MR) is 133 cm³/mol. The Kier molecular flexibility index (Phi) is 6.96. The van der Waals surface area contributed by atoms with Gasteiger partial charge in [-0.2, -0.15) is 0 Å². The second-order valence-corrected chi connectivity index (χ2v) is 13.8. The molecule has 0 spiro atoms. The third kappa shape index (κ3) is 4.06. The van der Waals surface area contributed by atoms with E-state index in [0.29, 0.717) is 10.8 Å². The first-order chi connectivity index (χ1) is 14.6. The molecule has 0 heterocycles. The second-order valence-electron chi connectivity index (χ2n) is 13.8. The second kappa shape index (κ2) is 8.96. The number of fused-ring (bicyclic) bond motifs is 5. The molecule has 0 aromatic heterocycles. The van der Waals surface area contributed by atoms with Crippen molar-refractivity contribution in [2.24, 2.45) is 64.1 Å². The molecule has 4 saturated carbocycles. The van der Waals surface area contributed by atoms with Crippen molar-refractivity contribution >= 4 is 0 Å². The molecule has 1 nitrogen and oxygen atoms in total. The molecule has 31 heavy (non-hydrogen) atoms. The van der Waals surface area contributed by atoms with Crippen molar-refractivity contribution in [1.29, 1.82) is 0 Å². The molecule has 0 saturated heterocycles. The molecule has 4 fully saturated rings. The fraction of sp³-hybridized carbons (Fsp3) is 1.00. The van der Waals surface area contributed by atoms with Gasteiger partial charge in [-0.25, -0.2) is 0 Å². The van der Waals surface area contributed by atoms with Crippen molar-refractivity contribution in [3.63, 3.8) is 0 Å². The summed E-state index contributed by atoms with van der Waals surface area (Å²) in [5.74, 6) is 8.08. The first kappa shape index (κ1) is 24.1. The molecular formula is C30H54O. The molecule has 10 unspecified atom stereocenters. The highest BCUT2D eigenvalue weighted by molar-refractivity contribution is 5.11. The van der Waals surface area contributed by atoms with Gasteiger partial charge in [0, 0.05) is 0 Å². The van der Waals surface area contributed by atoms with Gasteiger partial charge in [-0.05, 0) is 115 Å². The highest BCUT2D eigenvalue weighted by Gasteiger charge is 2.62. The first-order valence-corrected chi connectivity index (χ1v) is 14.3. The summed E-state index contributed by atoms with van der Waals surface area (Å²) >= 11 is 0. The lowest BCUT2D eigenvalue weighted by atomic mass is 9.42. The maximum atomic E-state index is 10.4. The minimum atomic E-state index is -0.0223. The number of hydrogen-bond donors (Lipinski definition) is 1. The van der Waals surface area contributed by atoms with Crippen molar-refractivity contribution in [3.8, 4) is 0 Å². The third-order valence-electron chi connectivity index (χ3n) is 12.3. The number of rotatable bonds is 6. The van der Waals surface area contributed by atoms with E-state index in [1.165, 1.54) is 57.8 Å². The summed E-state index contributed by atoms with van der Waals surface area (Å²) < 4.78 is 0. The van der Waals surface area contributed by atoms with Gasteiger partial charge in [0.05, 0.1) is 6.10 Å². The van der Waals surface area contributed by atoms with Gasteiger partial charge in [-0.15, -0.1) is 0 Å². The van der Waals surface area contributed by atoms with E-state index in [1.54, 1.807) is 0 Å². The average molecular weight is 431 g/mol. The molecule has 0 amide bonds. The zero-order chi connectivity index (χ0) is 22.6. The van der Waals surface area contributed by atoms with Gasteiger partial charge in [0.1, 0.15) is 0 Å². The van der Waals surface area contributed by atoms with Gasteiger partial charge in [-0.3, -0.25) is 0 Å². The molecule has 4 aliphatic carbocycles. The van der Waals surface area contributed by atoms with Crippen LogP contribution in [0.25, 0.3) is 0 Å². The van der Waals surface area contributed by atoms with E-state index in [4.69, 9.17) is 0 Å². The molecule has 0 radical (unpaired) electrons. The molecule has 4 rings (SSSR count). The van der Waals surface area contributed by atoms with Crippen molar-refractivity contribution in [1.82, 2.24) is 0 Å². The lowest BCUT2D eigenvalue weighted by Gasteiger charge is -2.63. The Morgan fingerprint density at radius 1 is 0.839 bits per heavy atom. The number of aliphatic hydroxyl groups excluding tert-OH is 1. The van der Waals surface area contributed by atoms with E-state index in [-0.39, 0.29) is 6.10 Å². The lowest BCUT2D eigenvalue weighted by Crippen LogP contribution is -2.57. The van der Waals surface area contributed by atoms with Gasteiger partial charge in [-0.1, -0.05) is 67.7 Å². The van der Waals surface area contributed by atoms with Crippen LogP contribution < -0.4 is 0 Å². The number of aliphatic hydroxyl groups is 1. The molecule has 0 bridgehead atoms. The Hall–Kier alpha value is -0.0400. The van der Waals surface area contributed by atoms with Gasteiger partial charge in [0.25, 0.3) is 0 Å². The Bertz CT molecular complexity index is 612. The Labute approximate surface area is 194 Å². The first-order valence-electron chi connectivity index (χ1n) is 14.3. The minimum Gasteiger partial charge on any atom is -0.393 e. The highest BCUT2D eigenvalue weighted by atomic mass is 16.3. The van der Waals surface area contributed by atoms with Gasteiger partial charge in [0.15, 0.2) is 0 Å². The third-order valence-corrected chi connectivity index (χ3v) is 12.3. The topological polar surface area (TPSA) is 20.2 Å². The van der Waals surface area contributed by atoms with Crippen LogP contribution in [-0.4, -0.2) is 11.2 Å².